The summed E-state index contributed by atoms with van der Waals surface area (Å²) in [5.74, 6) is 2.03. The number of halogens is 1. The first-order chi connectivity index (χ1) is 18.1. The van der Waals surface area contributed by atoms with Crippen LogP contribution in [0.1, 0.15) is 18.9 Å². The number of carbonyl (C=O) groups is 1. The summed E-state index contributed by atoms with van der Waals surface area (Å²) in [4.78, 5) is 12.5. The van der Waals surface area contributed by atoms with Gasteiger partial charge in [-0.1, -0.05) is 30.3 Å². The largest absolute Gasteiger partial charge is 0.497 e. The Balaban J connectivity index is 1.44. The molecule has 0 fully saturated rings. The molecule has 0 spiro atoms. The molecule has 0 aliphatic heterocycles. The molecule has 0 bridgehead atoms. The molecule has 3 aromatic carbocycles. The van der Waals surface area contributed by atoms with E-state index in [4.69, 9.17) is 21.1 Å². The zero-order valence-corrected chi connectivity index (χ0v) is 22.0. The highest BCUT2D eigenvalue weighted by molar-refractivity contribution is 7.99. The van der Waals surface area contributed by atoms with Crippen LogP contribution in [0.2, 0.25) is 5.02 Å². The number of ether oxygens (including phenoxy) is 2. The van der Waals surface area contributed by atoms with E-state index in [1.165, 1.54) is 11.8 Å². The summed E-state index contributed by atoms with van der Waals surface area (Å²) in [5.41, 5.74) is 5.09. The SMILES string of the molecule is CCCOc1ccc(/C=N/NC(=O)CSc2nnc(-c3ccc(OC)cc3)n2-c2ccc(Cl)cc2)cc1. The maximum atomic E-state index is 12.5. The topological polar surface area (TPSA) is 90.6 Å². The third kappa shape index (κ3) is 7.12. The molecule has 0 unspecified atom stereocenters. The predicted octanol–water partition coefficient (Wildman–Crippen LogP) is 5.63. The molecular weight excluding hydrogens is 510 g/mol. The van der Waals surface area contributed by atoms with Crippen molar-refractivity contribution < 1.29 is 14.3 Å². The van der Waals surface area contributed by atoms with E-state index < -0.39 is 0 Å². The highest BCUT2D eigenvalue weighted by Gasteiger charge is 2.17. The first kappa shape index (κ1) is 26.2. The lowest BCUT2D eigenvalue weighted by Gasteiger charge is -2.11. The molecule has 4 rings (SSSR count). The molecule has 0 saturated carbocycles. The zero-order chi connectivity index (χ0) is 26.0. The summed E-state index contributed by atoms with van der Waals surface area (Å²) in [5, 5.41) is 14.0. The minimum Gasteiger partial charge on any atom is -0.497 e. The van der Waals surface area contributed by atoms with Crippen molar-refractivity contribution in [2.24, 2.45) is 5.10 Å². The number of benzene rings is 3. The second-order valence-electron chi connectivity index (χ2n) is 7.85. The Morgan fingerprint density at radius 1 is 1.03 bits per heavy atom. The van der Waals surface area contributed by atoms with E-state index in [1.807, 2.05) is 65.2 Å². The normalized spacial score (nSPS) is 11.0. The van der Waals surface area contributed by atoms with Crippen LogP contribution in [0.3, 0.4) is 0 Å². The molecule has 190 valence electrons. The molecule has 0 aliphatic rings. The Morgan fingerprint density at radius 2 is 1.73 bits per heavy atom. The van der Waals surface area contributed by atoms with Crippen molar-refractivity contribution in [3.8, 4) is 28.6 Å². The average Bonchev–Trinajstić information content (AvgIpc) is 3.36. The molecule has 1 heterocycles. The second-order valence-corrected chi connectivity index (χ2v) is 9.22. The van der Waals surface area contributed by atoms with Crippen LogP contribution in [0.25, 0.3) is 17.1 Å². The fourth-order valence-corrected chi connectivity index (χ4v) is 4.19. The fraction of sp³-hybridized carbons (Fsp3) is 0.185. The van der Waals surface area contributed by atoms with Crippen molar-refractivity contribution in [3.63, 3.8) is 0 Å². The Bertz CT molecular complexity index is 1340. The van der Waals surface area contributed by atoms with Gasteiger partial charge in [0, 0.05) is 16.3 Å². The van der Waals surface area contributed by atoms with Crippen LogP contribution < -0.4 is 14.9 Å². The van der Waals surface area contributed by atoms with Crippen LogP contribution >= 0.6 is 23.4 Å². The number of nitrogens with zero attached hydrogens (tertiary/aromatic N) is 4. The predicted molar refractivity (Wildman–Crippen MR) is 147 cm³/mol. The molecule has 10 heteroatoms. The Labute approximate surface area is 224 Å². The van der Waals surface area contributed by atoms with E-state index in [-0.39, 0.29) is 11.7 Å². The number of methoxy groups -OCH3 is 1. The molecule has 1 N–H and O–H groups in total. The molecule has 0 aliphatic carbocycles. The van der Waals surface area contributed by atoms with E-state index in [1.54, 1.807) is 25.5 Å². The van der Waals surface area contributed by atoms with Crippen molar-refractivity contribution in [1.82, 2.24) is 20.2 Å². The van der Waals surface area contributed by atoms with Crippen molar-refractivity contribution in [1.29, 1.82) is 0 Å². The smallest absolute Gasteiger partial charge is 0.250 e. The number of aromatic nitrogens is 3. The number of hydrazone groups is 1. The van der Waals surface area contributed by atoms with Gasteiger partial charge in [0.05, 0.1) is 25.7 Å². The highest BCUT2D eigenvalue weighted by Crippen LogP contribution is 2.29. The van der Waals surface area contributed by atoms with E-state index in [0.29, 0.717) is 22.6 Å². The number of amides is 1. The van der Waals surface area contributed by atoms with Crippen molar-refractivity contribution in [2.75, 3.05) is 19.5 Å². The highest BCUT2D eigenvalue weighted by atomic mass is 35.5. The van der Waals surface area contributed by atoms with E-state index in [9.17, 15) is 4.79 Å². The molecule has 1 aromatic heterocycles. The summed E-state index contributed by atoms with van der Waals surface area (Å²) in [6.07, 6.45) is 2.54. The van der Waals surface area contributed by atoms with Gasteiger partial charge in [-0.05, 0) is 84.8 Å². The number of nitrogens with one attached hydrogen (secondary N) is 1. The molecule has 37 heavy (non-hydrogen) atoms. The Hall–Kier alpha value is -3.82. The number of thioether (sulfide) groups is 1. The van der Waals surface area contributed by atoms with Crippen molar-refractivity contribution in [3.05, 3.63) is 83.4 Å². The Kier molecular flexibility index (Phi) is 9.18. The van der Waals surface area contributed by atoms with Crippen LogP contribution in [0.5, 0.6) is 11.5 Å². The van der Waals surface area contributed by atoms with Gasteiger partial charge in [-0.15, -0.1) is 10.2 Å². The summed E-state index contributed by atoms with van der Waals surface area (Å²) < 4.78 is 12.7. The lowest BCUT2D eigenvalue weighted by molar-refractivity contribution is -0.118. The van der Waals surface area contributed by atoms with Crippen LogP contribution in [0.4, 0.5) is 0 Å². The van der Waals surface area contributed by atoms with E-state index >= 15 is 0 Å². The first-order valence-corrected chi connectivity index (χ1v) is 13.0. The van der Waals surface area contributed by atoms with Crippen molar-refractivity contribution >= 4 is 35.5 Å². The summed E-state index contributed by atoms with van der Waals surface area (Å²) >= 11 is 7.36. The minimum absolute atomic E-state index is 0.107. The molecule has 0 saturated heterocycles. The van der Waals surface area contributed by atoms with E-state index in [2.05, 4.69) is 27.6 Å². The fourth-order valence-electron chi connectivity index (χ4n) is 3.32. The van der Waals surface area contributed by atoms with Crippen LogP contribution in [-0.4, -0.2) is 46.4 Å². The third-order valence-electron chi connectivity index (χ3n) is 5.15. The maximum Gasteiger partial charge on any atom is 0.250 e. The summed E-state index contributed by atoms with van der Waals surface area (Å²) in [6, 6.07) is 22.4. The zero-order valence-electron chi connectivity index (χ0n) is 20.4. The van der Waals surface area contributed by atoms with E-state index in [0.717, 1.165) is 34.7 Å². The number of rotatable bonds is 11. The minimum atomic E-state index is -0.263. The third-order valence-corrected chi connectivity index (χ3v) is 6.34. The van der Waals surface area contributed by atoms with Crippen LogP contribution in [-0.2, 0) is 4.79 Å². The molecule has 0 radical (unpaired) electrons. The quantitative estimate of drug-likeness (QED) is 0.152. The standard InChI is InChI=1S/C27H26ClN5O3S/c1-3-16-36-24-12-4-19(5-13-24)17-29-30-25(34)18-37-27-32-31-26(20-6-14-23(35-2)15-7-20)33(27)22-10-8-21(28)9-11-22/h4-15,17H,3,16,18H2,1-2H3,(H,30,34)/b29-17+. The summed E-state index contributed by atoms with van der Waals surface area (Å²) in [7, 11) is 1.62. The summed E-state index contributed by atoms with van der Waals surface area (Å²) in [6.45, 7) is 2.73. The first-order valence-electron chi connectivity index (χ1n) is 11.6. The average molecular weight is 536 g/mol. The van der Waals surface area contributed by atoms with Gasteiger partial charge >= 0.3 is 0 Å². The second kappa shape index (κ2) is 12.9. The van der Waals surface area contributed by atoms with Crippen LogP contribution in [0.15, 0.2) is 83.1 Å². The van der Waals surface area contributed by atoms with Crippen LogP contribution in [0, 0.1) is 0 Å². The number of hydrogen-bond donors (Lipinski definition) is 1. The number of carbonyl (C=O) groups excluding carboxylic acids is 1. The van der Waals surface area contributed by atoms with Gasteiger partial charge in [-0.3, -0.25) is 9.36 Å². The molecule has 4 aromatic rings. The molecule has 8 nitrogen and oxygen atoms in total. The molecule has 1 amide bonds. The van der Waals surface area contributed by atoms with Gasteiger partial charge in [0.25, 0.3) is 5.91 Å². The Morgan fingerprint density at radius 3 is 2.41 bits per heavy atom. The van der Waals surface area contributed by atoms with Gasteiger partial charge in [0.2, 0.25) is 0 Å². The number of hydrogen-bond acceptors (Lipinski definition) is 7. The lowest BCUT2D eigenvalue weighted by Crippen LogP contribution is -2.20. The van der Waals surface area contributed by atoms with Gasteiger partial charge in [-0.2, -0.15) is 5.10 Å². The molecule has 0 atom stereocenters. The molecular formula is C27H26ClN5O3S. The van der Waals surface area contributed by atoms with Gasteiger partial charge in [0.1, 0.15) is 11.5 Å². The maximum absolute atomic E-state index is 12.5. The van der Waals surface area contributed by atoms with Crippen molar-refractivity contribution in [2.45, 2.75) is 18.5 Å². The van der Waals surface area contributed by atoms with Gasteiger partial charge in [0.15, 0.2) is 11.0 Å². The van der Waals surface area contributed by atoms with Gasteiger partial charge < -0.3 is 9.47 Å². The lowest BCUT2D eigenvalue weighted by atomic mass is 10.2. The monoisotopic (exact) mass is 535 g/mol. The van der Waals surface area contributed by atoms with Gasteiger partial charge in [-0.25, -0.2) is 5.43 Å².